The van der Waals surface area contributed by atoms with E-state index < -0.39 is 0 Å². The van der Waals surface area contributed by atoms with Gasteiger partial charge in [-0.15, -0.1) is 0 Å². The standard InChI is InChI=1S/C11H20O/c1-4-9-8-10(12)6-7-11(9,3)5-2/h8,10,12H,4-7H2,1-3H3. The van der Waals surface area contributed by atoms with Crippen LogP contribution in [0.2, 0.25) is 0 Å². The molecule has 0 radical (unpaired) electrons. The Labute approximate surface area is 75.5 Å². The van der Waals surface area contributed by atoms with Crippen LogP contribution in [0.4, 0.5) is 0 Å². The van der Waals surface area contributed by atoms with Crippen molar-refractivity contribution in [2.75, 3.05) is 0 Å². The van der Waals surface area contributed by atoms with Crippen LogP contribution in [0.25, 0.3) is 0 Å². The Balaban J connectivity index is 2.83. The third kappa shape index (κ3) is 1.71. The minimum absolute atomic E-state index is 0.181. The second-order valence-corrected chi connectivity index (χ2v) is 4.07. The van der Waals surface area contributed by atoms with E-state index >= 15 is 0 Å². The van der Waals surface area contributed by atoms with Crippen molar-refractivity contribution in [3.8, 4) is 0 Å². The fraction of sp³-hybridized carbons (Fsp3) is 0.818. The summed E-state index contributed by atoms with van der Waals surface area (Å²) in [7, 11) is 0. The summed E-state index contributed by atoms with van der Waals surface area (Å²) in [5.74, 6) is 0. The lowest BCUT2D eigenvalue weighted by Gasteiger charge is -2.36. The van der Waals surface area contributed by atoms with Crippen LogP contribution < -0.4 is 0 Å². The molecule has 12 heavy (non-hydrogen) atoms. The number of hydrogen-bond donors (Lipinski definition) is 1. The van der Waals surface area contributed by atoms with E-state index in [9.17, 15) is 5.11 Å². The van der Waals surface area contributed by atoms with Crippen LogP contribution in [0.3, 0.4) is 0 Å². The molecule has 0 spiro atoms. The highest BCUT2D eigenvalue weighted by atomic mass is 16.3. The smallest absolute Gasteiger partial charge is 0.0724 e. The summed E-state index contributed by atoms with van der Waals surface area (Å²) >= 11 is 0. The zero-order valence-corrected chi connectivity index (χ0v) is 8.43. The molecule has 0 aromatic carbocycles. The van der Waals surface area contributed by atoms with E-state index in [1.807, 2.05) is 0 Å². The van der Waals surface area contributed by atoms with Gasteiger partial charge in [0.05, 0.1) is 6.10 Å². The van der Waals surface area contributed by atoms with Crippen LogP contribution in [0.1, 0.15) is 46.5 Å². The summed E-state index contributed by atoms with van der Waals surface area (Å²) in [4.78, 5) is 0. The SMILES string of the molecule is CCC1=CC(O)CCC1(C)CC. The fourth-order valence-corrected chi connectivity index (χ4v) is 2.09. The summed E-state index contributed by atoms with van der Waals surface area (Å²) in [6, 6.07) is 0. The largest absolute Gasteiger partial charge is 0.389 e. The Hall–Kier alpha value is -0.300. The predicted octanol–water partition coefficient (Wildman–Crippen LogP) is 2.89. The Kier molecular flexibility index (Phi) is 2.94. The van der Waals surface area contributed by atoms with E-state index in [0.717, 1.165) is 19.3 Å². The zero-order valence-electron chi connectivity index (χ0n) is 8.43. The first-order valence-corrected chi connectivity index (χ1v) is 5.01. The van der Waals surface area contributed by atoms with Crippen LogP contribution in [0, 0.1) is 5.41 Å². The molecule has 0 bridgehead atoms. The van der Waals surface area contributed by atoms with E-state index in [1.54, 1.807) is 0 Å². The molecule has 1 aliphatic carbocycles. The lowest BCUT2D eigenvalue weighted by molar-refractivity contribution is 0.164. The van der Waals surface area contributed by atoms with Crippen molar-refractivity contribution in [2.24, 2.45) is 5.41 Å². The monoisotopic (exact) mass is 168 g/mol. The number of hydrogen-bond acceptors (Lipinski definition) is 1. The van der Waals surface area contributed by atoms with Gasteiger partial charge in [-0.3, -0.25) is 0 Å². The second kappa shape index (κ2) is 3.61. The first-order chi connectivity index (χ1) is 5.62. The summed E-state index contributed by atoms with van der Waals surface area (Å²) in [5, 5.41) is 9.46. The van der Waals surface area contributed by atoms with Gasteiger partial charge in [0.1, 0.15) is 0 Å². The molecular weight excluding hydrogens is 148 g/mol. The maximum absolute atomic E-state index is 9.46. The molecule has 2 unspecified atom stereocenters. The molecule has 1 nitrogen and oxygen atoms in total. The van der Waals surface area contributed by atoms with Crippen LogP contribution in [0.15, 0.2) is 11.6 Å². The molecule has 70 valence electrons. The Morgan fingerprint density at radius 3 is 2.75 bits per heavy atom. The average molecular weight is 168 g/mol. The first kappa shape index (κ1) is 9.79. The van der Waals surface area contributed by atoms with Crippen molar-refractivity contribution < 1.29 is 5.11 Å². The maximum Gasteiger partial charge on any atom is 0.0724 e. The van der Waals surface area contributed by atoms with Gasteiger partial charge in [-0.2, -0.15) is 0 Å². The molecule has 1 aliphatic rings. The fourth-order valence-electron chi connectivity index (χ4n) is 2.09. The van der Waals surface area contributed by atoms with Crippen molar-refractivity contribution in [1.29, 1.82) is 0 Å². The third-order valence-corrected chi connectivity index (χ3v) is 3.32. The molecule has 0 saturated carbocycles. The number of rotatable bonds is 2. The topological polar surface area (TPSA) is 20.2 Å². The van der Waals surface area contributed by atoms with Crippen LogP contribution in [0.5, 0.6) is 0 Å². The molecule has 0 aliphatic heterocycles. The van der Waals surface area contributed by atoms with E-state index in [1.165, 1.54) is 12.0 Å². The van der Waals surface area contributed by atoms with E-state index in [-0.39, 0.29) is 6.10 Å². The molecule has 1 heteroatoms. The van der Waals surface area contributed by atoms with Gasteiger partial charge in [0.15, 0.2) is 0 Å². The summed E-state index contributed by atoms with van der Waals surface area (Å²) in [5.41, 5.74) is 1.82. The number of aliphatic hydroxyl groups excluding tert-OH is 1. The minimum Gasteiger partial charge on any atom is -0.389 e. The molecule has 1 N–H and O–H groups in total. The van der Waals surface area contributed by atoms with E-state index in [0.29, 0.717) is 5.41 Å². The summed E-state index contributed by atoms with van der Waals surface area (Å²) in [6.45, 7) is 6.73. The van der Waals surface area contributed by atoms with Gasteiger partial charge < -0.3 is 5.11 Å². The molecule has 0 saturated heterocycles. The van der Waals surface area contributed by atoms with Crippen molar-refractivity contribution in [2.45, 2.75) is 52.6 Å². The van der Waals surface area contributed by atoms with E-state index in [2.05, 4.69) is 26.8 Å². The van der Waals surface area contributed by atoms with Crippen molar-refractivity contribution in [1.82, 2.24) is 0 Å². The average Bonchev–Trinajstić information content (AvgIpc) is 2.09. The third-order valence-electron chi connectivity index (χ3n) is 3.32. The molecule has 0 heterocycles. The van der Waals surface area contributed by atoms with Gasteiger partial charge in [-0.25, -0.2) is 0 Å². The molecule has 0 fully saturated rings. The lowest BCUT2D eigenvalue weighted by Crippen LogP contribution is -2.26. The van der Waals surface area contributed by atoms with Gasteiger partial charge in [-0.05, 0) is 31.1 Å². The molecule has 1 rings (SSSR count). The maximum atomic E-state index is 9.46. The Morgan fingerprint density at radius 2 is 2.25 bits per heavy atom. The highest BCUT2D eigenvalue weighted by Gasteiger charge is 2.30. The quantitative estimate of drug-likeness (QED) is 0.629. The summed E-state index contributed by atoms with van der Waals surface area (Å²) in [6.07, 6.45) is 6.24. The highest BCUT2D eigenvalue weighted by Crippen LogP contribution is 2.41. The molecule has 0 aromatic rings. The van der Waals surface area contributed by atoms with Gasteiger partial charge >= 0.3 is 0 Å². The van der Waals surface area contributed by atoms with Gasteiger partial charge in [0.2, 0.25) is 0 Å². The molecule has 0 amide bonds. The lowest BCUT2D eigenvalue weighted by atomic mass is 9.71. The van der Waals surface area contributed by atoms with Gasteiger partial charge in [0.25, 0.3) is 0 Å². The van der Waals surface area contributed by atoms with Crippen molar-refractivity contribution >= 4 is 0 Å². The van der Waals surface area contributed by atoms with Gasteiger partial charge in [0, 0.05) is 0 Å². The normalized spacial score (nSPS) is 36.3. The van der Waals surface area contributed by atoms with Crippen molar-refractivity contribution in [3.05, 3.63) is 11.6 Å². The first-order valence-electron chi connectivity index (χ1n) is 5.01. The number of aliphatic hydroxyl groups is 1. The van der Waals surface area contributed by atoms with Crippen LogP contribution in [-0.4, -0.2) is 11.2 Å². The Morgan fingerprint density at radius 1 is 1.58 bits per heavy atom. The van der Waals surface area contributed by atoms with Crippen molar-refractivity contribution in [3.63, 3.8) is 0 Å². The van der Waals surface area contributed by atoms with Gasteiger partial charge in [-0.1, -0.05) is 32.4 Å². The number of allylic oxidation sites excluding steroid dienone is 1. The summed E-state index contributed by atoms with van der Waals surface area (Å²) < 4.78 is 0. The second-order valence-electron chi connectivity index (χ2n) is 4.07. The molecular formula is C11H20O. The highest BCUT2D eigenvalue weighted by molar-refractivity contribution is 5.18. The van der Waals surface area contributed by atoms with Crippen LogP contribution >= 0.6 is 0 Å². The van der Waals surface area contributed by atoms with E-state index in [4.69, 9.17) is 0 Å². The predicted molar refractivity (Wildman–Crippen MR) is 52.0 cm³/mol. The van der Waals surface area contributed by atoms with Crippen LogP contribution in [-0.2, 0) is 0 Å². The minimum atomic E-state index is -0.181. The Bertz CT molecular complexity index is 183. The zero-order chi connectivity index (χ0) is 9.19. The molecule has 2 atom stereocenters. The molecule has 0 aromatic heterocycles.